The number of unbranched alkanes of at least 4 members (excludes halogenated alkanes) is 12. The van der Waals surface area contributed by atoms with Crippen LogP contribution in [-0.2, 0) is 9.59 Å². The fourth-order valence-corrected chi connectivity index (χ4v) is 3.38. The molecule has 0 amide bonds. The minimum atomic E-state index is -1.80. The Morgan fingerprint density at radius 3 is 1.15 bits per heavy atom. The Hall–Kier alpha value is 0.511. The molecule has 0 aliphatic rings. The maximum Gasteiger partial charge on any atom is 2.00 e. The van der Waals surface area contributed by atoms with Crippen LogP contribution in [0.15, 0.2) is 0 Å². The number of carboxylic acids is 2. The number of carbonyl (C=O) groups is 2. The third-order valence-electron chi connectivity index (χ3n) is 5.20. The van der Waals surface area contributed by atoms with Gasteiger partial charge in [0, 0.05) is 5.41 Å². The van der Waals surface area contributed by atoms with Crippen LogP contribution in [0.25, 0.3) is 0 Å². The fourth-order valence-electron chi connectivity index (χ4n) is 3.38. The second-order valence-electron chi connectivity index (χ2n) is 7.40. The standard InChI is InChI=1S/C21H40O4.Ba/c1-3-5-7-9-10-11-12-13-14-16-18-21(19(22)23,20(24)25)17-15-8-6-4-2;/h3-18H2,1-2H3,(H,22,23)(H,24,25);/q;+2/p-2. The van der Waals surface area contributed by atoms with E-state index >= 15 is 0 Å². The van der Waals surface area contributed by atoms with Crippen LogP contribution in [0.3, 0.4) is 0 Å². The molecule has 0 atom stereocenters. The third-order valence-corrected chi connectivity index (χ3v) is 5.20. The van der Waals surface area contributed by atoms with Crippen LogP contribution < -0.4 is 10.2 Å². The van der Waals surface area contributed by atoms with Crippen molar-refractivity contribution in [3.8, 4) is 0 Å². The molecule has 0 aromatic heterocycles. The van der Waals surface area contributed by atoms with Crippen molar-refractivity contribution in [3.63, 3.8) is 0 Å². The molecule has 0 fully saturated rings. The second-order valence-corrected chi connectivity index (χ2v) is 7.40. The predicted molar refractivity (Wildman–Crippen MR) is 103 cm³/mol. The van der Waals surface area contributed by atoms with Gasteiger partial charge < -0.3 is 19.8 Å². The van der Waals surface area contributed by atoms with E-state index in [1.807, 2.05) is 0 Å². The van der Waals surface area contributed by atoms with E-state index in [0.29, 0.717) is 12.8 Å². The Morgan fingerprint density at radius 2 is 0.846 bits per heavy atom. The van der Waals surface area contributed by atoms with Gasteiger partial charge in [-0.25, -0.2) is 0 Å². The molecule has 26 heavy (non-hydrogen) atoms. The van der Waals surface area contributed by atoms with Gasteiger partial charge in [0.05, 0.1) is 11.9 Å². The quantitative estimate of drug-likeness (QED) is 0.167. The van der Waals surface area contributed by atoms with Gasteiger partial charge in [-0.3, -0.25) is 0 Å². The van der Waals surface area contributed by atoms with Crippen molar-refractivity contribution < 1.29 is 19.8 Å². The average Bonchev–Trinajstić information content (AvgIpc) is 2.57. The molecule has 0 radical (unpaired) electrons. The van der Waals surface area contributed by atoms with E-state index in [0.717, 1.165) is 38.5 Å². The first kappa shape index (κ1) is 28.7. The molecule has 0 aliphatic carbocycles. The molecule has 0 saturated carbocycles. The van der Waals surface area contributed by atoms with E-state index in [9.17, 15) is 19.8 Å². The molecule has 0 unspecified atom stereocenters. The summed E-state index contributed by atoms with van der Waals surface area (Å²) in [7, 11) is 0. The SMILES string of the molecule is CCCCCCCCCCCCC(CCCCCC)(C(=O)[O-])C(=O)[O-].[Ba+2]. The van der Waals surface area contributed by atoms with Crippen LogP contribution in [0, 0.1) is 5.41 Å². The molecule has 5 heteroatoms. The van der Waals surface area contributed by atoms with Crippen molar-refractivity contribution >= 4 is 60.8 Å². The summed E-state index contributed by atoms with van der Waals surface area (Å²) in [4.78, 5) is 23.0. The maximum atomic E-state index is 11.5. The van der Waals surface area contributed by atoms with E-state index in [-0.39, 0.29) is 61.7 Å². The summed E-state index contributed by atoms with van der Waals surface area (Å²) < 4.78 is 0. The van der Waals surface area contributed by atoms with Crippen molar-refractivity contribution in [1.82, 2.24) is 0 Å². The molecular formula is C21H38BaO4. The van der Waals surface area contributed by atoms with Crippen LogP contribution in [0.4, 0.5) is 0 Å². The van der Waals surface area contributed by atoms with Gasteiger partial charge in [-0.1, -0.05) is 104 Å². The molecule has 0 bridgehead atoms. The van der Waals surface area contributed by atoms with Crippen LogP contribution in [-0.4, -0.2) is 60.8 Å². The number of aliphatic carboxylic acids is 2. The number of carbonyl (C=O) groups excluding carboxylic acids is 2. The Bertz CT molecular complexity index is 344. The predicted octanol–water partition coefficient (Wildman–Crippen LogP) is 3.37. The molecule has 0 rings (SSSR count). The molecule has 4 nitrogen and oxygen atoms in total. The maximum absolute atomic E-state index is 11.5. The molecule has 0 N–H and O–H groups in total. The van der Waals surface area contributed by atoms with Crippen molar-refractivity contribution in [2.45, 2.75) is 117 Å². The van der Waals surface area contributed by atoms with E-state index < -0.39 is 17.4 Å². The van der Waals surface area contributed by atoms with E-state index in [1.165, 1.54) is 38.5 Å². The molecule has 0 aromatic carbocycles. The van der Waals surface area contributed by atoms with Gasteiger partial charge in [0.25, 0.3) is 0 Å². The number of hydrogen-bond donors (Lipinski definition) is 0. The van der Waals surface area contributed by atoms with Crippen LogP contribution in [0.2, 0.25) is 0 Å². The summed E-state index contributed by atoms with van der Waals surface area (Å²) in [6, 6.07) is 0. The van der Waals surface area contributed by atoms with Gasteiger partial charge in [-0.05, 0) is 12.8 Å². The third kappa shape index (κ3) is 12.8. The summed E-state index contributed by atoms with van der Waals surface area (Å²) in [5, 5.41) is 23.0. The van der Waals surface area contributed by atoms with Crippen molar-refractivity contribution in [2.24, 2.45) is 5.41 Å². The smallest absolute Gasteiger partial charge is 0.549 e. The molecule has 0 saturated heterocycles. The normalized spacial score (nSPS) is 11.2. The minimum Gasteiger partial charge on any atom is -0.549 e. The number of carboxylic acid groups (broad SMARTS) is 2. The largest absolute Gasteiger partial charge is 2.00 e. The molecule has 0 heterocycles. The van der Waals surface area contributed by atoms with Gasteiger partial charge >= 0.3 is 48.9 Å². The Kier molecular flexibility index (Phi) is 20.8. The zero-order chi connectivity index (χ0) is 19.0. The summed E-state index contributed by atoms with van der Waals surface area (Å²) in [5.41, 5.74) is -1.80. The number of rotatable bonds is 18. The zero-order valence-corrected chi connectivity index (χ0v) is 21.6. The van der Waals surface area contributed by atoms with E-state index in [4.69, 9.17) is 0 Å². The summed E-state index contributed by atoms with van der Waals surface area (Å²) in [6.07, 6.45) is 15.1. The molecule has 0 aromatic rings. The monoisotopic (exact) mass is 492 g/mol. The first-order valence-corrected chi connectivity index (χ1v) is 10.4. The van der Waals surface area contributed by atoms with Gasteiger partial charge in [-0.2, -0.15) is 0 Å². The first-order chi connectivity index (χ1) is 12.0. The first-order valence-electron chi connectivity index (χ1n) is 10.4. The minimum absolute atomic E-state index is 0. The second kappa shape index (κ2) is 18.9. The molecule has 148 valence electrons. The Labute approximate surface area is 201 Å². The summed E-state index contributed by atoms with van der Waals surface area (Å²) >= 11 is 0. The fraction of sp³-hybridized carbons (Fsp3) is 0.905. The van der Waals surface area contributed by atoms with Crippen molar-refractivity contribution in [2.75, 3.05) is 0 Å². The zero-order valence-electron chi connectivity index (χ0n) is 17.2. The number of hydrogen-bond acceptors (Lipinski definition) is 4. The van der Waals surface area contributed by atoms with Gasteiger partial charge in [0.2, 0.25) is 0 Å². The summed E-state index contributed by atoms with van der Waals surface area (Å²) in [6.45, 7) is 4.28. The van der Waals surface area contributed by atoms with E-state index in [2.05, 4.69) is 13.8 Å². The Morgan fingerprint density at radius 1 is 0.577 bits per heavy atom. The molecular weight excluding hydrogens is 454 g/mol. The van der Waals surface area contributed by atoms with Crippen molar-refractivity contribution in [3.05, 3.63) is 0 Å². The van der Waals surface area contributed by atoms with Crippen LogP contribution >= 0.6 is 0 Å². The van der Waals surface area contributed by atoms with Crippen molar-refractivity contribution in [1.29, 1.82) is 0 Å². The van der Waals surface area contributed by atoms with Gasteiger partial charge in [0.1, 0.15) is 0 Å². The van der Waals surface area contributed by atoms with Crippen LogP contribution in [0.1, 0.15) is 117 Å². The average molecular weight is 492 g/mol. The van der Waals surface area contributed by atoms with Gasteiger partial charge in [0.15, 0.2) is 0 Å². The van der Waals surface area contributed by atoms with Gasteiger partial charge in [-0.15, -0.1) is 0 Å². The topological polar surface area (TPSA) is 80.3 Å². The molecule has 0 aliphatic heterocycles. The van der Waals surface area contributed by atoms with E-state index in [1.54, 1.807) is 0 Å². The molecule has 0 spiro atoms. The van der Waals surface area contributed by atoms with Crippen LogP contribution in [0.5, 0.6) is 0 Å². The summed E-state index contributed by atoms with van der Waals surface area (Å²) in [5.74, 6) is -2.94. The Balaban J connectivity index is 0.